The number of nitrogens with two attached hydrogens (primary N) is 1. The molecule has 8 heteroatoms. The van der Waals surface area contributed by atoms with Crippen LogP contribution in [0.5, 0.6) is 11.6 Å². The number of hydrogen-bond acceptors (Lipinski definition) is 6. The van der Waals surface area contributed by atoms with Crippen LogP contribution < -0.4 is 15.8 Å². The lowest BCUT2D eigenvalue weighted by Gasteiger charge is -2.22. The summed E-state index contributed by atoms with van der Waals surface area (Å²) in [7, 11) is 0. The lowest BCUT2D eigenvalue weighted by Crippen LogP contribution is -2.23. The molecule has 150 valence electrons. The number of halogens is 2. The Morgan fingerprint density at radius 1 is 1.00 bits per heavy atom. The van der Waals surface area contributed by atoms with Gasteiger partial charge in [-0.1, -0.05) is 19.3 Å². The molecular formula is C21H21F2N5O. The Morgan fingerprint density at radius 2 is 1.76 bits per heavy atom. The van der Waals surface area contributed by atoms with E-state index in [0.29, 0.717) is 23.2 Å². The van der Waals surface area contributed by atoms with Gasteiger partial charge >= 0.3 is 0 Å². The van der Waals surface area contributed by atoms with Gasteiger partial charge in [0, 0.05) is 36.3 Å². The highest BCUT2D eigenvalue weighted by atomic mass is 19.1. The zero-order chi connectivity index (χ0) is 20.2. The second-order valence-corrected chi connectivity index (χ2v) is 7.02. The first-order valence-corrected chi connectivity index (χ1v) is 9.57. The molecule has 2 aromatic heterocycles. The van der Waals surface area contributed by atoms with Crippen LogP contribution in [-0.4, -0.2) is 21.0 Å². The molecule has 4 rings (SSSR count). The van der Waals surface area contributed by atoms with Gasteiger partial charge in [-0.25, -0.2) is 23.7 Å². The van der Waals surface area contributed by atoms with Gasteiger partial charge in [0.05, 0.1) is 11.3 Å². The highest BCUT2D eigenvalue weighted by Crippen LogP contribution is 2.34. The average molecular weight is 397 g/mol. The fourth-order valence-corrected chi connectivity index (χ4v) is 3.45. The third-order valence-corrected chi connectivity index (χ3v) is 4.86. The Labute approximate surface area is 167 Å². The number of aromatic nitrogens is 3. The van der Waals surface area contributed by atoms with E-state index in [2.05, 4.69) is 20.3 Å². The first kappa shape index (κ1) is 19.0. The molecule has 6 nitrogen and oxygen atoms in total. The van der Waals surface area contributed by atoms with Gasteiger partial charge in [-0.2, -0.15) is 0 Å². The predicted molar refractivity (Wildman–Crippen MR) is 107 cm³/mol. The Hall–Kier alpha value is -3.29. The lowest BCUT2D eigenvalue weighted by molar-refractivity contribution is 0.397. The number of ether oxygens (including phenoxy) is 1. The SMILES string of the molecule is Nc1cc(F)c(Oc2ncccc2-c2ccnc(NC3CCCCC3)n2)c(F)c1. The van der Waals surface area contributed by atoms with Crippen molar-refractivity contribution in [2.45, 2.75) is 38.1 Å². The number of benzene rings is 1. The minimum Gasteiger partial charge on any atom is -0.432 e. The summed E-state index contributed by atoms with van der Waals surface area (Å²) in [6, 6.07) is 7.47. The second kappa shape index (κ2) is 8.38. The van der Waals surface area contributed by atoms with Gasteiger partial charge in [-0.15, -0.1) is 0 Å². The largest absolute Gasteiger partial charge is 0.432 e. The fourth-order valence-electron chi connectivity index (χ4n) is 3.45. The molecule has 1 aromatic carbocycles. The summed E-state index contributed by atoms with van der Waals surface area (Å²) >= 11 is 0. The van der Waals surface area contributed by atoms with E-state index in [1.165, 1.54) is 25.5 Å². The van der Waals surface area contributed by atoms with E-state index in [0.717, 1.165) is 25.0 Å². The first-order valence-electron chi connectivity index (χ1n) is 9.57. The van der Waals surface area contributed by atoms with Crippen LogP contribution in [0, 0.1) is 11.6 Å². The van der Waals surface area contributed by atoms with Gasteiger partial charge in [0.2, 0.25) is 17.6 Å². The monoisotopic (exact) mass is 397 g/mol. The summed E-state index contributed by atoms with van der Waals surface area (Å²) in [5.74, 6) is -1.82. The smallest absolute Gasteiger partial charge is 0.228 e. The molecule has 1 aliphatic carbocycles. The maximum absolute atomic E-state index is 14.1. The molecule has 1 aliphatic rings. The summed E-state index contributed by atoms with van der Waals surface area (Å²) < 4.78 is 33.8. The van der Waals surface area contributed by atoms with Crippen molar-refractivity contribution in [3.8, 4) is 22.9 Å². The molecule has 0 unspecified atom stereocenters. The van der Waals surface area contributed by atoms with Gasteiger partial charge in [0.1, 0.15) is 0 Å². The predicted octanol–water partition coefficient (Wildman–Crippen LogP) is 4.94. The number of rotatable bonds is 5. The van der Waals surface area contributed by atoms with Gasteiger partial charge in [0.25, 0.3) is 0 Å². The Balaban J connectivity index is 1.62. The summed E-state index contributed by atoms with van der Waals surface area (Å²) in [4.78, 5) is 13.0. The first-order chi connectivity index (χ1) is 14.1. The van der Waals surface area contributed by atoms with E-state index in [1.807, 2.05) is 0 Å². The van der Waals surface area contributed by atoms with Crippen LogP contribution in [0.4, 0.5) is 20.4 Å². The minimum atomic E-state index is -0.901. The zero-order valence-corrected chi connectivity index (χ0v) is 15.7. The van der Waals surface area contributed by atoms with Crippen molar-refractivity contribution in [2.24, 2.45) is 0 Å². The van der Waals surface area contributed by atoms with E-state index in [4.69, 9.17) is 10.5 Å². The van der Waals surface area contributed by atoms with Crippen LogP contribution in [0.2, 0.25) is 0 Å². The standard InChI is InChI=1S/C21H21F2N5O/c22-16-11-13(24)12-17(23)19(16)29-20-15(7-4-9-25-20)18-8-10-26-21(28-18)27-14-5-2-1-3-6-14/h4,7-12,14H,1-3,5-6,24H2,(H,26,27,28). The van der Waals surface area contributed by atoms with E-state index in [-0.39, 0.29) is 11.6 Å². The maximum atomic E-state index is 14.1. The molecule has 0 saturated heterocycles. The van der Waals surface area contributed by atoms with Crippen LogP contribution in [0.1, 0.15) is 32.1 Å². The fraction of sp³-hybridized carbons (Fsp3) is 0.286. The van der Waals surface area contributed by atoms with Crippen molar-refractivity contribution in [1.29, 1.82) is 0 Å². The van der Waals surface area contributed by atoms with Crippen LogP contribution >= 0.6 is 0 Å². The second-order valence-electron chi connectivity index (χ2n) is 7.02. The van der Waals surface area contributed by atoms with Crippen molar-refractivity contribution in [3.63, 3.8) is 0 Å². The number of hydrogen-bond donors (Lipinski definition) is 2. The molecule has 1 saturated carbocycles. The van der Waals surface area contributed by atoms with Gasteiger partial charge < -0.3 is 15.8 Å². The topological polar surface area (TPSA) is 86.0 Å². The van der Waals surface area contributed by atoms with Crippen molar-refractivity contribution < 1.29 is 13.5 Å². The van der Waals surface area contributed by atoms with Crippen LogP contribution in [0.15, 0.2) is 42.7 Å². The van der Waals surface area contributed by atoms with Gasteiger partial charge in [-0.05, 0) is 31.0 Å². The molecule has 0 atom stereocenters. The summed E-state index contributed by atoms with van der Waals surface area (Å²) in [6.45, 7) is 0. The molecule has 29 heavy (non-hydrogen) atoms. The molecule has 0 aliphatic heterocycles. The lowest BCUT2D eigenvalue weighted by atomic mass is 9.96. The molecular weight excluding hydrogens is 376 g/mol. The molecule has 0 radical (unpaired) electrons. The summed E-state index contributed by atoms with van der Waals surface area (Å²) in [5, 5.41) is 3.37. The molecule has 0 spiro atoms. The third kappa shape index (κ3) is 4.42. The zero-order valence-electron chi connectivity index (χ0n) is 15.7. The molecule has 3 N–H and O–H groups in total. The third-order valence-electron chi connectivity index (χ3n) is 4.86. The van der Waals surface area contributed by atoms with Gasteiger partial charge in [0.15, 0.2) is 11.6 Å². The van der Waals surface area contributed by atoms with Crippen molar-refractivity contribution in [1.82, 2.24) is 15.0 Å². The van der Waals surface area contributed by atoms with E-state index >= 15 is 0 Å². The number of nitrogen functional groups attached to an aromatic ring is 1. The highest BCUT2D eigenvalue weighted by molar-refractivity contribution is 5.66. The van der Waals surface area contributed by atoms with Crippen LogP contribution in [-0.2, 0) is 0 Å². The van der Waals surface area contributed by atoms with Crippen LogP contribution in [0.3, 0.4) is 0 Å². The number of anilines is 2. The molecule has 3 aromatic rings. The van der Waals surface area contributed by atoms with E-state index in [1.54, 1.807) is 24.4 Å². The van der Waals surface area contributed by atoms with E-state index < -0.39 is 17.4 Å². The maximum Gasteiger partial charge on any atom is 0.228 e. The van der Waals surface area contributed by atoms with Crippen LogP contribution in [0.25, 0.3) is 11.3 Å². The van der Waals surface area contributed by atoms with Crippen molar-refractivity contribution in [2.75, 3.05) is 11.1 Å². The highest BCUT2D eigenvalue weighted by Gasteiger charge is 2.18. The van der Waals surface area contributed by atoms with Crippen molar-refractivity contribution in [3.05, 3.63) is 54.4 Å². The molecule has 0 amide bonds. The number of nitrogens with one attached hydrogen (secondary N) is 1. The average Bonchev–Trinajstić information content (AvgIpc) is 2.72. The van der Waals surface area contributed by atoms with Gasteiger partial charge in [-0.3, -0.25) is 0 Å². The number of pyridine rings is 1. The minimum absolute atomic E-state index is 0.0252. The Kier molecular flexibility index (Phi) is 5.50. The summed E-state index contributed by atoms with van der Waals surface area (Å²) in [6.07, 6.45) is 8.93. The molecule has 0 bridgehead atoms. The molecule has 1 fully saturated rings. The summed E-state index contributed by atoms with van der Waals surface area (Å²) in [5.41, 5.74) is 6.47. The molecule has 2 heterocycles. The Morgan fingerprint density at radius 3 is 2.52 bits per heavy atom. The van der Waals surface area contributed by atoms with E-state index in [9.17, 15) is 8.78 Å². The quantitative estimate of drug-likeness (QED) is 0.594. The normalized spacial score (nSPS) is 14.6. The van der Waals surface area contributed by atoms with Crippen molar-refractivity contribution >= 4 is 11.6 Å². The number of nitrogens with zero attached hydrogens (tertiary/aromatic N) is 3. The Bertz CT molecular complexity index is 985.